The van der Waals surface area contributed by atoms with Crippen LogP contribution in [0.1, 0.15) is 55.8 Å². The molecule has 2 aromatic carbocycles. The third-order valence-corrected chi connectivity index (χ3v) is 7.65. The van der Waals surface area contributed by atoms with Gasteiger partial charge < -0.3 is 24.8 Å². The van der Waals surface area contributed by atoms with Crippen molar-refractivity contribution in [2.24, 2.45) is 11.8 Å². The standard InChI is InChI=1S/C29H34F2N2O6/c1-29(2,15-38-3)25-22(30)13-19(14-23(25)31)32-27(36)26-21-6-5-20(39-4)12-17(21)7-8-33(26)28(37)18-9-16(10-18)11-24(34)35/h5-6,12-14,16,18,26H,7-11,15H2,1-4H3,(H,32,36)(H,34,35). The van der Waals surface area contributed by atoms with Gasteiger partial charge >= 0.3 is 5.97 Å². The normalized spacial score (nSPS) is 20.6. The Kier molecular flexibility index (Phi) is 8.25. The number of aliphatic carboxylic acids is 1. The number of amides is 2. The SMILES string of the molecule is COCC(C)(C)c1c(F)cc(NC(=O)C2c3ccc(OC)cc3CCN2C(=O)C2CC(CC(=O)O)C2)cc1F. The van der Waals surface area contributed by atoms with E-state index in [1.807, 2.05) is 6.07 Å². The van der Waals surface area contributed by atoms with E-state index in [1.165, 1.54) is 19.1 Å². The second-order valence-corrected chi connectivity index (χ2v) is 11.0. The molecule has 210 valence electrons. The molecule has 0 aromatic heterocycles. The molecule has 4 rings (SSSR count). The van der Waals surface area contributed by atoms with E-state index in [0.717, 1.165) is 17.7 Å². The Morgan fingerprint density at radius 2 is 1.77 bits per heavy atom. The minimum absolute atomic E-state index is 0.00460. The summed E-state index contributed by atoms with van der Waals surface area (Å²) in [6, 6.07) is 6.35. The maximum Gasteiger partial charge on any atom is 0.303 e. The zero-order valence-corrected chi connectivity index (χ0v) is 22.6. The van der Waals surface area contributed by atoms with E-state index in [0.29, 0.717) is 30.6 Å². The van der Waals surface area contributed by atoms with E-state index in [1.54, 1.807) is 26.0 Å². The van der Waals surface area contributed by atoms with Crippen molar-refractivity contribution in [2.75, 3.05) is 32.7 Å². The maximum atomic E-state index is 15.1. The van der Waals surface area contributed by atoms with Crippen LogP contribution in [-0.4, -0.2) is 55.2 Å². The van der Waals surface area contributed by atoms with Gasteiger partial charge in [0, 0.05) is 42.7 Å². The highest BCUT2D eigenvalue weighted by molar-refractivity contribution is 5.99. The number of hydrogen-bond acceptors (Lipinski definition) is 5. The average Bonchev–Trinajstić information content (AvgIpc) is 2.83. The number of carboxylic acid groups (broad SMARTS) is 1. The number of nitrogens with one attached hydrogen (secondary N) is 1. The summed E-state index contributed by atoms with van der Waals surface area (Å²) in [7, 11) is 2.99. The first-order chi connectivity index (χ1) is 18.4. The second-order valence-electron chi connectivity index (χ2n) is 11.0. The van der Waals surface area contributed by atoms with Gasteiger partial charge in [0.1, 0.15) is 23.4 Å². The Labute approximate surface area is 226 Å². The second kappa shape index (κ2) is 11.3. The zero-order valence-electron chi connectivity index (χ0n) is 22.6. The van der Waals surface area contributed by atoms with Gasteiger partial charge in [-0.25, -0.2) is 8.78 Å². The maximum absolute atomic E-state index is 15.1. The summed E-state index contributed by atoms with van der Waals surface area (Å²) in [5.41, 5.74) is 0.301. The number of anilines is 1. The molecule has 39 heavy (non-hydrogen) atoms. The third-order valence-electron chi connectivity index (χ3n) is 7.65. The lowest BCUT2D eigenvalue weighted by atomic mass is 9.72. The molecule has 1 atom stereocenters. The van der Waals surface area contributed by atoms with Crippen LogP contribution in [0.25, 0.3) is 0 Å². The summed E-state index contributed by atoms with van der Waals surface area (Å²) in [5.74, 6) is -3.19. The molecule has 2 aliphatic rings. The van der Waals surface area contributed by atoms with Crippen molar-refractivity contribution in [1.82, 2.24) is 4.90 Å². The van der Waals surface area contributed by atoms with E-state index in [-0.39, 0.29) is 48.6 Å². The number of carbonyl (C=O) groups excluding carboxylic acids is 2. The molecule has 0 bridgehead atoms. The number of nitrogens with zero attached hydrogens (tertiary/aromatic N) is 1. The van der Waals surface area contributed by atoms with Crippen molar-refractivity contribution in [3.05, 3.63) is 58.7 Å². The molecular formula is C29H34F2N2O6. The largest absolute Gasteiger partial charge is 0.497 e. The van der Waals surface area contributed by atoms with Crippen LogP contribution in [-0.2, 0) is 31.0 Å². The molecule has 0 saturated heterocycles. The quantitative estimate of drug-likeness (QED) is 0.483. The predicted octanol–water partition coefficient (Wildman–Crippen LogP) is 4.46. The number of carboxylic acids is 1. The molecule has 2 aromatic rings. The fourth-order valence-electron chi connectivity index (χ4n) is 5.77. The Hall–Kier alpha value is -3.53. The lowest BCUT2D eigenvalue weighted by molar-refractivity contribution is -0.149. The number of methoxy groups -OCH3 is 2. The topological polar surface area (TPSA) is 105 Å². The molecule has 1 aliphatic heterocycles. The Morgan fingerprint density at radius 1 is 1.10 bits per heavy atom. The highest BCUT2D eigenvalue weighted by atomic mass is 19.1. The highest BCUT2D eigenvalue weighted by Crippen LogP contribution is 2.41. The Balaban J connectivity index is 1.62. The molecule has 1 aliphatic carbocycles. The van der Waals surface area contributed by atoms with Crippen LogP contribution in [0.2, 0.25) is 0 Å². The van der Waals surface area contributed by atoms with Gasteiger partial charge in [-0.05, 0) is 60.6 Å². The van der Waals surface area contributed by atoms with Crippen LogP contribution >= 0.6 is 0 Å². The van der Waals surface area contributed by atoms with Crippen molar-refractivity contribution in [3.63, 3.8) is 0 Å². The van der Waals surface area contributed by atoms with Gasteiger partial charge in [-0.3, -0.25) is 14.4 Å². The van der Waals surface area contributed by atoms with Crippen molar-refractivity contribution in [1.29, 1.82) is 0 Å². The zero-order chi connectivity index (χ0) is 28.5. The van der Waals surface area contributed by atoms with E-state index in [9.17, 15) is 14.4 Å². The number of benzene rings is 2. The minimum atomic E-state index is -1.03. The van der Waals surface area contributed by atoms with Crippen molar-refractivity contribution in [3.8, 4) is 5.75 Å². The van der Waals surface area contributed by atoms with Crippen LogP contribution in [0, 0.1) is 23.5 Å². The van der Waals surface area contributed by atoms with Gasteiger partial charge in [-0.15, -0.1) is 0 Å². The number of hydrogen-bond donors (Lipinski definition) is 2. The monoisotopic (exact) mass is 544 g/mol. The molecule has 1 heterocycles. The number of ether oxygens (including phenoxy) is 2. The van der Waals surface area contributed by atoms with Crippen molar-refractivity contribution in [2.45, 2.75) is 51.0 Å². The predicted molar refractivity (Wildman–Crippen MR) is 140 cm³/mol. The molecule has 10 heteroatoms. The summed E-state index contributed by atoms with van der Waals surface area (Å²) >= 11 is 0. The third kappa shape index (κ3) is 5.90. The van der Waals surface area contributed by atoms with E-state index >= 15 is 8.78 Å². The summed E-state index contributed by atoms with van der Waals surface area (Å²) in [4.78, 5) is 39.7. The van der Waals surface area contributed by atoms with E-state index < -0.39 is 35.0 Å². The molecule has 1 saturated carbocycles. The first kappa shape index (κ1) is 28.5. The summed E-state index contributed by atoms with van der Waals surface area (Å²) in [6.45, 7) is 3.69. The first-order valence-corrected chi connectivity index (χ1v) is 12.9. The molecule has 8 nitrogen and oxygen atoms in total. The smallest absolute Gasteiger partial charge is 0.303 e. The molecule has 1 unspecified atom stereocenters. The molecule has 2 amide bonds. The number of fused-ring (bicyclic) bond motifs is 1. The molecule has 0 spiro atoms. The van der Waals surface area contributed by atoms with Crippen LogP contribution in [0.3, 0.4) is 0 Å². The summed E-state index contributed by atoms with van der Waals surface area (Å²) < 4.78 is 40.6. The van der Waals surface area contributed by atoms with Crippen molar-refractivity contribution < 1.29 is 37.7 Å². The van der Waals surface area contributed by atoms with Gasteiger partial charge in [-0.1, -0.05) is 19.9 Å². The van der Waals surface area contributed by atoms with Crippen LogP contribution < -0.4 is 10.1 Å². The molecular weight excluding hydrogens is 510 g/mol. The lowest BCUT2D eigenvalue weighted by Crippen LogP contribution is -2.50. The van der Waals surface area contributed by atoms with Gasteiger partial charge in [0.05, 0.1) is 13.7 Å². The van der Waals surface area contributed by atoms with Gasteiger partial charge in [0.25, 0.3) is 5.91 Å². The van der Waals surface area contributed by atoms with Crippen molar-refractivity contribution >= 4 is 23.5 Å². The Morgan fingerprint density at radius 3 is 2.36 bits per heavy atom. The highest BCUT2D eigenvalue weighted by Gasteiger charge is 2.43. The fourth-order valence-corrected chi connectivity index (χ4v) is 5.77. The number of rotatable bonds is 9. The molecule has 0 radical (unpaired) electrons. The molecule has 1 fully saturated rings. The molecule has 2 N–H and O–H groups in total. The lowest BCUT2D eigenvalue weighted by Gasteiger charge is -2.42. The van der Waals surface area contributed by atoms with E-state index in [2.05, 4.69) is 5.32 Å². The van der Waals surface area contributed by atoms with Crippen LogP contribution in [0.5, 0.6) is 5.75 Å². The minimum Gasteiger partial charge on any atom is -0.497 e. The number of halogens is 2. The number of carbonyl (C=O) groups is 3. The fraction of sp³-hybridized carbons (Fsp3) is 0.483. The van der Waals surface area contributed by atoms with Crippen LogP contribution in [0.4, 0.5) is 14.5 Å². The van der Waals surface area contributed by atoms with Gasteiger partial charge in [0.2, 0.25) is 5.91 Å². The summed E-state index contributed by atoms with van der Waals surface area (Å²) in [5, 5.41) is 11.7. The Bertz CT molecular complexity index is 1250. The summed E-state index contributed by atoms with van der Waals surface area (Å²) in [6.07, 6.45) is 1.39. The van der Waals surface area contributed by atoms with Gasteiger partial charge in [0.15, 0.2) is 0 Å². The first-order valence-electron chi connectivity index (χ1n) is 12.9. The van der Waals surface area contributed by atoms with Gasteiger partial charge in [-0.2, -0.15) is 0 Å². The van der Waals surface area contributed by atoms with E-state index in [4.69, 9.17) is 14.6 Å². The van der Waals surface area contributed by atoms with Crippen LogP contribution in [0.15, 0.2) is 30.3 Å². The average molecular weight is 545 g/mol.